The molecule has 154 valence electrons. The van der Waals surface area contributed by atoms with Crippen molar-refractivity contribution in [3.8, 4) is 22.3 Å². The lowest BCUT2D eigenvalue weighted by Gasteiger charge is -2.21. The van der Waals surface area contributed by atoms with E-state index in [4.69, 9.17) is 0 Å². The molecule has 0 spiro atoms. The van der Waals surface area contributed by atoms with Gasteiger partial charge in [-0.15, -0.1) is 0 Å². The minimum atomic E-state index is -1.43. The molecule has 0 radical (unpaired) electrons. The summed E-state index contributed by atoms with van der Waals surface area (Å²) < 4.78 is 0. The predicted octanol–water partition coefficient (Wildman–Crippen LogP) is 3.99. The van der Waals surface area contributed by atoms with Crippen LogP contribution in [0.3, 0.4) is 0 Å². The number of carboxylic acids is 2. The normalized spacial score (nSPS) is 11.1. The molecule has 0 saturated carbocycles. The first-order valence-corrected chi connectivity index (χ1v) is 10.0. The van der Waals surface area contributed by atoms with E-state index in [1.807, 2.05) is 36.4 Å². The Morgan fingerprint density at radius 1 is 0.633 bits per heavy atom. The van der Waals surface area contributed by atoms with Crippen molar-refractivity contribution in [1.29, 1.82) is 0 Å². The van der Waals surface area contributed by atoms with Crippen molar-refractivity contribution in [1.82, 2.24) is 0 Å². The molecule has 0 N–H and O–H groups in total. The van der Waals surface area contributed by atoms with E-state index in [1.165, 1.54) is 12.1 Å². The van der Waals surface area contributed by atoms with Gasteiger partial charge in [0.25, 0.3) is 0 Å². The fourth-order valence-corrected chi connectivity index (χ4v) is 3.61. The lowest BCUT2D eigenvalue weighted by atomic mass is 9.87. The molecular weight excluding hydrogens is 376 g/mol. The zero-order chi connectivity index (χ0) is 22.0. The Bertz CT molecular complexity index is 1080. The maximum Gasteiger partial charge on any atom is 0.0728 e. The third kappa shape index (κ3) is 4.13. The molecule has 0 amide bonds. The SMILES string of the molecule is CC(C)c1ccc(-c2ccc(C(=O)[O-])c(-c3ccc(C(C)C)cc3)c2C(=O)[O-])cc1. The number of carboxylic acid groups (broad SMARTS) is 2. The van der Waals surface area contributed by atoms with Crippen LogP contribution in [-0.2, 0) is 0 Å². The Kier molecular flexibility index (Phi) is 6.06. The highest BCUT2D eigenvalue weighted by Gasteiger charge is 2.18. The average Bonchev–Trinajstić information content (AvgIpc) is 2.72. The highest BCUT2D eigenvalue weighted by atomic mass is 16.4. The molecule has 3 rings (SSSR count). The molecule has 0 heterocycles. The van der Waals surface area contributed by atoms with Crippen molar-refractivity contribution in [2.75, 3.05) is 0 Å². The average molecular weight is 400 g/mol. The minimum Gasteiger partial charge on any atom is -0.545 e. The van der Waals surface area contributed by atoms with Crippen molar-refractivity contribution in [2.24, 2.45) is 0 Å². The third-order valence-electron chi connectivity index (χ3n) is 5.38. The van der Waals surface area contributed by atoms with Crippen LogP contribution >= 0.6 is 0 Å². The van der Waals surface area contributed by atoms with E-state index in [2.05, 4.69) is 27.7 Å². The van der Waals surface area contributed by atoms with Crippen molar-refractivity contribution >= 4 is 11.9 Å². The lowest BCUT2D eigenvalue weighted by molar-refractivity contribution is -0.255. The summed E-state index contributed by atoms with van der Waals surface area (Å²) in [6.07, 6.45) is 0. The Labute approximate surface area is 176 Å². The van der Waals surface area contributed by atoms with Crippen molar-refractivity contribution in [3.63, 3.8) is 0 Å². The van der Waals surface area contributed by atoms with Gasteiger partial charge in [0, 0.05) is 16.7 Å². The number of benzene rings is 3. The fourth-order valence-electron chi connectivity index (χ4n) is 3.61. The molecule has 0 bridgehead atoms. The number of carbonyl (C=O) groups excluding carboxylic acids is 2. The summed E-state index contributed by atoms with van der Waals surface area (Å²) in [5.74, 6) is -2.22. The molecule has 0 aromatic heterocycles. The standard InChI is InChI=1S/C26H26O4/c1-15(2)17-5-9-19(10-6-17)21-13-14-22(25(27)28)23(24(21)26(29)30)20-11-7-18(8-12-20)16(3)4/h5-16H,1-4H3,(H,27,28)(H,29,30)/p-2. The van der Waals surface area contributed by atoms with E-state index in [0.29, 0.717) is 28.5 Å². The molecule has 30 heavy (non-hydrogen) atoms. The molecular formula is C26H24O4-2. The van der Waals surface area contributed by atoms with Crippen LogP contribution in [0.1, 0.15) is 71.4 Å². The van der Waals surface area contributed by atoms with Crippen molar-refractivity contribution < 1.29 is 19.8 Å². The molecule has 3 aromatic carbocycles. The number of carbonyl (C=O) groups is 2. The first kappa shape index (κ1) is 21.3. The highest BCUT2D eigenvalue weighted by Crippen LogP contribution is 2.36. The quantitative estimate of drug-likeness (QED) is 0.626. The van der Waals surface area contributed by atoms with Crippen LogP contribution in [0.15, 0.2) is 60.7 Å². The smallest absolute Gasteiger partial charge is 0.0728 e. The summed E-state index contributed by atoms with van der Waals surface area (Å²) in [6.45, 7) is 8.26. The van der Waals surface area contributed by atoms with E-state index in [1.54, 1.807) is 12.1 Å². The molecule has 0 unspecified atom stereocenters. The van der Waals surface area contributed by atoms with Crippen LogP contribution in [0.4, 0.5) is 0 Å². The number of hydrogen-bond acceptors (Lipinski definition) is 4. The number of rotatable bonds is 6. The number of hydrogen-bond donors (Lipinski definition) is 0. The van der Waals surface area contributed by atoms with Gasteiger partial charge in [-0.3, -0.25) is 0 Å². The van der Waals surface area contributed by atoms with Crippen molar-refractivity contribution in [2.45, 2.75) is 39.5 Å². The van der Waals surface area contributed by atoms with Gasteiger partial charge >= 0.3 is 0 Å². The minimum absolute atomic E-state index is 0.107. The fraction of sp³-hybridized carbons (Fsp3) is 0.231. The van der Waals surface area contributed by atoms with Crippen LogP contribution < -0.4 is 10.2 Å². The van der Waals surface area contributed by atoms with Gasteiger partial charge in [-0.2, -0.15) is 0 Å². The van der Waals surface area contributed by atoms with E-state index in [0.717, 1.165) is 11.1 Å². The molecule has 0 fully saturated rings. The van der Waals surface area contributed by atoms with Gasteiger partial charge in [0.05, 0.1) is 11.9 Å². The third-order valence-corrected chi connectivity index (χ3v) is 5.38. The van der Waals surface area contributed by atoms with Crippen LogP contribution in [0.5, 0.6) is 0 Å². The van der Waals surface area contributed by atoms with Gasteiger partial charge in [-0.25, -0.2) is 0 Å². The molecule has 4 nitrogen and oxygen atoms in total. The largest absolute Gasteiger partial charge is 0.545 e. The summed E-state index contributed by atoms with van der Waals surface area (Å²) in [5, 5.41) is 24.0. The zero-order valence-corrected chi connectivity index (χ0v) is 17.6. The molecule has 0 aliphatic rings. The van der Waals surface area contributed by atoms with Gasteiger partial charge in [0.2, 0.25) is 0 Å². The number of aromatic carboxylic acids is 2. The second-order valence-electron chi connectivity index (χ2n) is 8.04. The van der Waals surface area contributed by atoms with Crippen molar-refractivity contribution in [3.05, 3.63) is 82.9 Å². The monoisotopic (exact) mass is 400 g/mol. The highest BCUT2D eigenvalue weighted by molar-refractivity contribution is 6.08. The van der Waals surface area contributed by atoms with Gasteiger partial charge in [0.1, 0.15) is 0 Å². The summed E-state index contributed by atoms with van der Waals surface area (Å²) >= 11 is 0. The Morgan fingerprint density at radius 2 is 1.10 bits per heavy atom. The first-order chi connectivity index (χ1) is 14.2. The summed E-state index contributed by atoms with van der Waals surface area (Å²) in [5.41, 5.74) is 3.59. The summed E-state index contributed by atoms with van der Waals surface area (Å²) in [7, 11) is 0. The molecule has 4 heteroatoms. The van der Waals surface area contributed by atoms with Gasteiger partial charge < -0.3 is 19.8 Å². The molecule has 3 aromatic rings. The van der Waals surface area contributed by atoms with E-state index < -0.39 is 11.9 Å². The first-order valence-electron chi connectivity index (χ1n) is 10.0. The van der Waals surface area contributed by atoms with Crippen LogP contribution in [0.25, 0.3) is 22.3 Å². The molecule has 0 aliphatic heterocycles. The molecule has 0 aliphatic carbocycles. The predicted molar refractivity (Wildman–Crippen MR) is 114 cm³/mol. The van der Waals surface area contributed by atoms with Crippen LogP contribution in [0.2, 0.25) is 0 Å². The summed E-state index contributed by atoms with van der Waals surface area (Å²) in [6, 6.07) is 17.7. The van der Waals surface area contributed by atoms with E-state index in [9.17, 15) is 19.8 Å². The topological polar surface area (TPSA) is 80.3 Å². The Hall–Kier alpha value is -3.40. The Morgan fingerprint density at radius 3 is 1.50 bits per heavy atom. The van der Waals surface area contributed by atoms with E-state index >= 15 is 0 Å². The molecule has 0 saturated heterocycles. The zero-order valence-electron chi connectivity index (χ0n) is 17.6. The second-order valence-corrected chi connectivity index (χ2v) is 8.04. The maximum atomic E-state index is 12.2. The van der Waals surface area contributed by atoms with Crippen LogP contribution in [-0.4, -0.2) is 11.9 Å². The maximum absolute atomic E-state index is 12.2. The Balaban J connectivity index is 2.27. The second kappa shape index (κ2) is 8.54. The molecule has 0 atom stereocenters. The van der Waals surface area contributed by atoms with Gasteiger partial charge in [0.15, 0.2) is 0 Å². The summed E-state index contributed by atoms with van der Waals surface area (Å²) in [4.78, 5) is 24.0. The van der Waals surface area contributed by atoms with Crippen LogP contribution in [0, 0.1) is 0 Å². The lowest BCUT2D eigenvalue weighted by Crippen LogP contribution is -2.28. The van der Waals surface area contributed by atoms with Gasteiger partial charge in [-0.05, 0) is 39.7 Å². The van der Waals surface area contributed by atoms with Gasteiger partial charge in [-0.1, -0.05) is 88.4 Å². The van der Waals surface area contributed by atoms with E-state index in [-0.39, 0.29) is 16.7 Å².